The molecule has 0 bridgehead atoms. The summed E-state index contributed by atoms with van der Waals surface area (Å²) in [4.78, 5) is 32.6. The van der Waals surface area contributed by atoms with Crippen molar-refractivity contribution in [3.8, 4) is 0 Å². The van der Waals surface area contributed by atoms with E-state index in [-0.39, 0.29) is 16.5 Å². The van der Waals surface area contributed by atoms with Crippen LogP contribution in [0, 0.1) is 5.82 Å². The Morgan fingerprint density at radius 2 is 1.78 bits per heavy atom. The number of aromatic nitrogens is 2. The zero-order chi connectivity index (χ0) is 26.5. The number of aryl methyl sites for hydroxylation is 1. The van der Waals surface area contributed by atoms with E-state index in [1.165, 1.54) is 30.6 Å². The van der Waals surface area contributed by atoms with E-state index in [0.717, 1.165) is 12.1 Å². The molecule has 4 aromatic rings. The van der Waals surface area contributed by atoms with Gasteiger partial charge in [0.1, 0.15) is 11.4 Å². The van der Waals surface area contributed by atoms with Crippen molar-refractivity contribution in [1.82, 2.24) is 9.55 Å². The Balaban J connectivity index is 1.48. The number of alkyl halides is 3. The number of halogens is 4. The average molecular weight is 514 g/mol. The van der Waals surface area contributed by atoms with Crippen LogP contribution < -0.4 is 15.2 Å². The van der Waals surface area contributed by atoms with Crippen molar-refractivity contribution < 1.29 is 27.5 Å². The van der Waals surface area contributed by atoms with Gasteiger partial charge in [0, 0.05) is 50.0 Å². The third-order valence-electron chi connectivity index (χ3n) is 6.71. The van der Waals surface area contributed by atoms with Crippen LogP contribution in [0.15, 0.2) is 53.6 Å². The van der Waals surface area contributed by atoms with E-state index in [9.17, 15) is 27.9 Å². The maximum Gasteiger partial charge on any atom is 0.416 e. The van der Waals surface area contributed by atoms with Crippen molar-refractivity contribution in [3.63, 3.8) is 0 Å². The molecule has 11 heteroatoms. The molecule has 0 atom stereocenters. The van der Waals surface area contributed by atoms with Gasteiger partial charge in [0.2, 0.25) is 5.43 Å². The summed E-state index contributed by atoms with van der Waals surface area (Å²) in [6, 6.07) is 7.83. The summed E-state index contributed by atoms with van der Waals surface area (Å²) in [7, 11) is 0. The van der Waals surface area contributed by atoms with Gasteiger partial charge in [-0.2, -0.15) is 13.2 Å². The van der Waals surface area contributed by atoms with Crippen LogP contribution in [0.25, 0.3) is 21.8 Å². The molecule has 7 nitrogen and oxygen atoms in total. The first-order valence-corrected chi connectivity index (χ1v) is 11.6. The van der Waals surface area contributed by atoms with E-state index in [1.54, 1.807) is 22.5 Å². The number of anilines is 2. The highest BCUT2D eigenvalue weighted by molar-refractivity contribution is 6.07. The Kier molecular flexibility index (Phi) is 6.01. The van der Waals surface area contributed by atoms with Crippen LogP contribution in [-0.2, 0) is 12.7 Å². The lowest BCUT2D eigenvalue weighted by molar-refractivity contribution is -0.137. The lowest BCUT2D eigenvalue weighted by Crippen LogP contribution is -2.46. The monoisotopic (exact) mass is 514 g/mol. The summed E-state index contributed by atoms with van der Waals surface area (Å²) in [5.41, 5.74) is -0.382. The Morgan fingerprint density at radius 1 is 1.08 bits per heavy atom. The molecular formula is C26H22F4N4O3. The van der Waals surface area contributed by atoms with E-state index in [4.69, 9.17) is 0 Å². The van der Waals surface area contributed by atoms with Gasteiger partial charge in [-0.3, -0.25) is 9.78 Å². The van der Waals surface area contributed by atoms with E-state index >= 15 is 4.39 Å². The van der Waals surface area contributed by atoms with Crippen LogP contribution in [0.1, 0.15) is 22.8 Å². The first-order valence-electron chi connectivity index (χ1n) is 11.6. The summed E-state index contributed by atoms with van der Waals surface area (Å²) in [6.07, 6.45) is -1.70. The smallest absolute Gasteiger partial charge is 0.416 e. The Bertz CT molecular complexity index is 1590. The number of rotatable bonds is 4. The molecule has 1 aliphatic rings. The van der Waals surface area contributed by atoms with Gasteiger partial charge in [-0.05, 0) is 37.3 Å². The molecule has 5 rings (SSSR count). The molecule has 0 amide bonds. The SMILES string of the molecule is CCn1cc(C(=O)O)c(=O)c2c3cc(F)c(N4CCN(c5cccc(C(F)(F)F)c5)CC4)cc3ncc21. The summed E-state index contributed by atoms with van der Waals surface area (Å²) in [6.45, 7) is 3.67. The van der Waals surface area contributed by atoms with Crippen LogP contribution in [0.5, 0.6) is 0 Å². The van der Waals surface area contributed by atoms with Gasteiger partial charge in [-0.15, -0.1) is 0 Å². The van der Waals surface area contributed by atoms with Crippen LogP contribution >= 0.6 is 0 Å². The second kappa shape index (κ2) is 9.06. The lowest BCUT2D eigenvalue weighted by Gasteiger charge is -2.37. The third-order valence-corrected chi connectivity index (χ3v) is 6.71. The van der Waals surface area contributed by atoms with Gasteiger partial charge in [0.25, 0.3) is 0 Å². The van der Waals surface area contributed by atoms with E-state index in [2.05, 4.69) is 4.98 Å². The molecule has 0 aliphatic carbocycles. The number of aromatic carboxylic acids is 1. The van der Waals surface area contributed by atoms with Gasteiger partial charge in [-0.25, -0.2) is 9.18 Å². The van der Waals surface area contributed by atoms with Crippen LogP contribution in [0.2, 0.25) is 0 Å². The minimum absolute atomic E-state index is 0.0894. The molecule has 0 unspecified atom stereocenters. The second-order valence-corrected chi connectivity index (χ2v) is 8.82. The molecule has 1 aliphatic heterocycles. The number of hydrogen-bond acceptors (Lipinski definition) is 5. The number of piperazine rings is 1. The van der Waals surface area contributed by atoms with Crippen LogP contribution in [-0.4, -0.2) is 46.8 Å². The fourth-order valence-electron chi connectivity index (χ4n) is 4.81. The number of benzene rings is 2. The van der Waals surface area contributed by atoms with Crippen molar-refractivity contribution >= 4 is 39.1 Å². The molecular weight excluding hydrogens is 492 g/mol. The topological polar surface area (TPSA) is 78.7 Å². The number of carboxylic acids is 1. The predicted octanol–water partition coefficient (Wildman–Crippen LogP) is 4.75. The maximum absolute atomic E-state index is 15.4. The minimum atomic E-state index is -4.44. The van der Waals surface area contributed by atoms with Crippen molar-refractivity contribution in [1.29, 1.82) is 0 Å². The van der Waals surface area contributed by atoms with Crippen molar-refractivity contribution in [2.75, 3.05) is 36.0 Å². The molecule has 0 spiro atoms. The first kappa shape index (κ1) is 24.5. The van der Waals surface area contributed by atoms with Gasteiger partial charge < -0.3 is 19.5 Å². The molecule has 1 saturated heterocycles. The van der Waals surface area contributed by atoms with E-state index in [1.807, 2.05) is 4.90 Å². The number of pyridine rings is 2. The van der Waals surface area contributed by atoms with Crippen LogP contribution in [0.3, 0.4) is 0 Å². The Hall–Kier alpha value is -4.15. The summed E-state index contributed by atoms with van der Waals surface area (Å²) < 4.78 is 56.2. The zero-order valence-corrected chi connectivity index (χ0v) is 19.7. The molecule has 1 fully saturated rings. The predicted molar refractivity (Wildman–Crippen MR) is 132 cm³/mol. The fraction of sp³-hybridized carbons (Fsp3) is 0.269. The van der Waals surface area contributed by atoms with Gasteiger partial charge in [-0.1, -0.05) is 6.07 Å². The Morgan fingerprint density at radius 3 is 2.43 bits per heavy atom. The highest BCUT2D eigenvalue weighted by atomic mass is 19.4. The third kappa shape index (κ3) is 4.34. The highest BCUT2D eigenvalue weighted by Crippen LogP contribution is 2.33. The lowest BCUT2D eigenvalue weighted by atomic mass is 10.1. The van der Waals surface area contributed by atoms with Gasteiger partial charge >= 0.3 is 12.1 Å². The molecule has 0 saturated carbocycles. The summed E-state index contributed by atoms with van der Waals surface area (Å²) in [5, 5.41) is 9.78. The number of nitrogens with zero attached hydrogens (tertiary/aromatic N) is 4. The zero-order valence-electron chi connectivity index (χ0n) is 19.7. The number of hydrogen-bond donors (Lipinski definition) is 1. The number of fused-ring (bicyclic) bond motifs is 3. The van der Waals surface area contributed by atoms with Crippen molar-refractivity contribution in [2.45, 2.75) is 19.6 Å². The van der Waals surface area contributed by atoms with Gasteiger partial charge in [0.15, 0.2) is 0 Å². The van der Waals surface area contributed by atoms with Crippen molar-refractivity contribution in [2.24, 2.45) is 0 Å². The van der Waals surface area contributed by atoms with Crippen LogP contribution in [0.4, 0.5) is 28.9 Å². The Labute approximate surface area is 208 Å². The first-order chi connectivity index (χ1) is 17.6. The maximum atomic E-state index is 15.4. The molecule has 37 heavy (non-hydrogen) atoms. The average Bonchev–Trinajstić information content (AvgIpc) is 2.88. The standard InChI is InChI=1S/C26H22F4N4O3/c1-2-32-14-18(25(36)37)24(35)23-17-11-19(27)21(12-20(17)31-13-22(23)32)34-8-6-33(7-9-34)16-5-3-4-15(10-16)26(28,29)30/h3-5,10-14H,2,6-9H2,1H3,(H,36,37). The number of carboxylic acid groups (broad SMARTS) is 1. The molecule has 2 aromatic carbocycles. The second-order valence-electron chi connectivity index (χ2n) is 8.82. The molecule has 0 radical (unpaired) electrons. The normalized spacial score (nSPS) is 14.5. The number of carbonyl (C=O) groups is 1. The molecule has 192 valence electrons. The molecule has 2 aromatic heterocycles. The summed E-state index contributed by atoms with van der Waals surface area (Å²) >= 11 is 0. The largest absolute Gasteiger partial charge is 0.477 e. The quantitative estimate of drug-likeness (QED) is 0.313. The van der Waals surface area contributed by atoms with E-state index < -0.39 is 34.5 Å². The molecule has 1 N–H and O–H groups in total. The summed E-state index contributed by atoms with van der Waals surface area (Å²) in [5.74, 6) is -1.97. The highest BCUT2D eigenvalue weighted by Gasteiger charge is 2.31. The van der Waals surface area contributed by atoms with E-state index in [0.29, 0.717) is 49.4 Å². The minimum Gasteiger partial charge on any atom is -0.477 e. The van der Waals surface area contributed by atoms with Crippen molar-refractivity contribution in [3.05, 3.63) is 76.0 Å². The van der Waals surface area contributed by atoms with Gasteiger partial charge in [0.05, 0.1) is 33.9 Å². The fourth-order valence-corrected chi connectivity index (χ4v) is 4.81. The molecule has 3 heterocycles.